The third-order valence-corrected chi connectivity index (χ3v) is 3.15. The fraction of sp³-hybridized carbons (Fsp3) is 0.300. The highest BCUT2D eigenvalue weighted by atomic mass is 32.2. The zero-order valence-electron chi connectivity index (χ0n) is 9.75. The highest BCUT2D eigenvalue weighted by molar-refractivity contribution is 7.91. The average Bonchev–Trinajstić information content (AvgIpc) is 2.36. The van der Waals surface area contributed by atoms with E-state index in [0.717, 1.165) is 12.1 Å². The van der Waals surface area contributed by atoms with E-state index in [0.29, 0.717) is 0 Å². The molecule has 10 heteroatoms. The molecule has 0 spiro atoms. The fourth-order valence-corrected chi connectivity index (χ4v) is 1.71. The number of hydrogen-bond donors (Lipinski definition) is 2. The van der Waals surface area contributed by atoms with E-state index < -0.39 is 40.2 Å². The van der Waals surface area contributed by atoms with Crippen molar-refractivity contribution in [3.05, 3.63) is 34.9 Å². The maximum atomic E-state index is 12.1. The molecule has 20 heavy (non-hydrogen) atoms. The topological polar surface area (TPSA) is 110 Å². The molecule has 0 atom stereocenters. The van der Waals surface area contributed by atoms with Gasteiger partial charge < -0.3 is 15.3 Å². The van der Waals surface area contributed by atoms with Crippen molar-refractivity contribution >= 4 is 15.9 Å². The molecule has 0 fully saturated rings. The van der Waals surface area contributed by atoms with Gasteiger partial charge in [0.2, 0.25) is 0 Å². The van der Waals surface area contributed by atoms with Gasteiger partial charge in [0.15, 0.2) is 0 Å². The number of aliphatic hydroxyl groups is 2. The molecule has 0 unspecified atom stereocenters. The van der Waals surface area contributed by atoms with Crippen molar-refractivity contribution in [2.45, 2.75) is 18.7 Å². The molecule has 1 aromatic carbocycles. The van der Waals surface area contributed by atoms with Gasteiger partial charge in [0.25, 0.3) is 0 Å². The number of rotatable bonds is 4. The van der Waals surface area contributed by atoms with E-state index in [1.54, 1.807) is 0 Å². The smallest absolute Gasteiger partial charge is 0.518 e. The first-order chi connectivity index (χ1) is 9.10. The molecule has 0 aromatic heterocycles. The van der Waals surface area contributed by atoms with Crippen molar-refractivity contribution in [3.63, 3.8) is 0 Å². The minimum atomic E-state index is -5.93. The second-order valence-corrected chi connectivity index (χ2v) is 5.27. The first-order valence-corrected chi connectivity index (χ1v) is 6.48. The van der Waals surface area contributed by atoms with Crippen LogP contribution in [0, 0.1) is 0 Å². The third kappa shape index (κ3) is 3.68. The van der Waals surface area contributed by atoms with Crippen molar-refractivity contribution in [2.75, 3.05) is 0 Å². The van der Waals surface area contributed by atoms with Crippen LogP contribution in [0.5, 0.6) is 0 Å². The van der Waals surface area contributed by atoms with E-state index in [2.05, 4.69) is 4.40 Å². The number of aliphatic hydroxyl groups excluding tert-OH is 2. The Hall–Kier alpha value is -1.65. The van der Waals surface area contributed by atoms with Gasteiger partial charge in [-0.1, -0.05) is 6.07 Å². The fourth-order valence-electron chi connectivity index (χ4n) is 1.28. The normalized spacial score (nSPS) is 13.6. The predicted molar refractivity (Wildman–Crippen MR) is 59.8 cm³/mol. The van der Waals surface area contributed by atoms with Gasteiger partial charge in [-0.15, -0.1) is 0 Å². The van der Waals surface area contributed by atoms with Crippen LogP contribution in [0.25, 0.3) is 0 Å². The summed E-state index contributed by atoms with van der Waals surface area (Å²) in [6.45, 7) is -1.08. The molecule has 0 saturated heterocycles. The molecule has 0 aliphatic heterocycles. The van der Waals surface area contributed by atoms with Gasteiger partial charge in [-0.05, 0) is 28.8 Å². The lowest BCUT2D eigenvalue weighted by atomic mass is 10.1. The lowest BCUT2D eigenvalue weighted by Crippen LogP contribution is -2.27. The van der Waals surface area contributed by atoms with Crippen LogP contribution < -0.4 is 5.11 Å². The van der Waals surface area contributed by atoms with Crippen LogP contribution in [0.2, 0.25) is 0 Å². The molecule has 0 saturated carbocycles. The van der Waals surface area contributed by atoms with Crippen molar-refractivity contribution < 1.29 is 36.9 Å². The van der Waals surface area contributed by atoms with Crippen LogP contribution in [-0.4, -0.2) is 30.0 Å². The standard InChI is InChI=1S/C10H10F3NO5S/c11-10(12,13)20(18,19)14-9(17)8-2-6(4-15)1-7(3-8)5-16/h1-3,15-16H,4-5H2,(H,14,17)/p-1. The van der Waals surface area contributed by atoms with Gasteiger partial charge in [-0.3, -0.25) is 0 Å². The minimum absolute atomic E-state index is 0.125. The highest BCUT2D eigenvalue weighted by Gasteiger charge is 2.45. The monoisotopic (exact) mass is 312 g/mol. The molecule has 0 amide bonds. The molecular formula is C10H9F3NO5S-. The van der Waals surface area contributed by atoms with Gasteiger partial charge in [0.1, 0.15) is 0 Å². The predicted octanol–water partition coefficient (Wildman–Crippen LogP) is -0.372. The maximum absolute atomic E-state index is 12.1. The molecule has 0 heterocycles. The lowest BCUT2D eigenvalue weighted by Gasteiger charge is -2.14. The Morgan fingerprint density at radius 3 is 1.95 bits per heavy atom. The Morgan fingerprint density at radius 2 is 1.60 bits per heavy atom. The summed E-state index contributed by atoms with van der Waals surface area (Å²) < 4.78 is 59.9. The summed E-state index contributed by atoms with van der Waals surface area (Å²) in [7, 11) is -5.93. The Labute approximate surface area is 111 Å². The van der Waals surface area contributed by atoms with E-state index in [1.165, 1.54) is 6.07 Å². The van der Waals surface area contributed by atoms with Crippen molar-refractivity contribution in [1.29, 1.82) is 0 Å². The second-order valence-electron chi connectivity index (χ2n) is 3.67. The average molecular weight is 312 g/mol. The molecule has 0 bridgehead atoms. The van der Waals surface area contributed by atoms with Crippen molar-refractivity contribution in [2.24, 2.45) is 4.40 Å². The van der Waals surface area contributed by atoms with E-state index in [4.69, 9.17) is 10.2 Å². The van der Waals surface area contributed by atoms with Gasteiger partial charge in [-0.25, -0.2) is 0 Å². The molecular weight excluding hydrogens is 303 g/mol. The molecule has 0 radical (unpaired) electrons. The maximum Gasteiger partial charge on any atom is 0.518 e. The Kier molecular flexibility index (Phi) is 4.73. The summed E-state index contributed by atoms with van der Waals surface area (Å²) in [6, 6.07) is 3.27. The van der Waals surface area contributed by atoms with Crippen LogP contribution in [0.4, 0.5) is 13.2 Å². The van der Waals surface area contributed by atoms with Gasteiger partial charge in [0, 0.05) is 5.90 Å². The van der Waals surface area contributed by atoms with Crippen LogP contribution in [0.15, 0.2) is 22.6 Å². The lowest BCUT2D eigenvalue weighted by molar-refractivity contribution is -0.212. The SMILES string of the molecule is O=S(=O)(/N=C(\[O-])c1cc(CO)cc(CO)c1)C(F)(F)F. The molecule has 1 aromatic rings. The first-order valence-electron chi connectivity index (χ1n) is 5.04. The van der Waals surface area contributed by atoms with Gasteiger partial charge in [0.05, 0.1) is 13.2 Å². The Bertz CT molecular complexity index is 602. The number of sulfonamides is 1. The van der Waals surface area contributed by atoms with Crippen LogP contribution in [-0.2, 0) is 23.2 Å². The van der Waals surface area contributed by atoms with Gasteiger partial charge >= 0.3 is 15.5 Å². The van der Waals surface area contributed by atoms with Crippen LogP contribution >= 0.6 is 0 Å². The second kappa shape index (κ2) is 5.77. The number of halogens is 3. The first kappa shape index (κ1) is 16.4. The molecule has 0 aliphatic carbocycles. The summed E-state index contributed by atoms with van der Waals surface area (Å²) in [5, 5.41) is 29.2. The number of benzene rings is 1. The zero-order chi connectivity index (χ0) is 15.6. The summed E-state index contributed by atoms with van der Waals surface area (Å²) in [5.41, 5.74) is -5.90. The summed E-state index contributed by atoms with van der Waals surface area (Å²) in [4.78, 5) is 0. The Morgan fingerprint density at radius 1 is 1.15 bits per heavy atom. The van der Waals surface area contributed by atoms with Gasteiger partial charge in [-0.2, -0.15) is 26.0 Å². The summed E-state index contributed by atoms with van der Waals surface area (Å²) in [6.07, 6.45) is 0. The molecule has 6 nitrogen and oxygen atoms in total. The van der Waals surface area contributed by atoms with Crippen LogP contribution in [0.1, 0.15) is 16.7 Å². The number of nitrogens with zero attached hydrogens (tertiary/aromatic N) is 1. The van der Waals surface area contributed by atoms with Crippen LogP contribution in [0.3, 0.4) is 0 Å². The molecule has 1 rings (SSSR count). The van der Waals surface area contributed by atoms with Crippen molar-refractivity contribution in [1.82, 2.24) is 0 Å². The zero-order valence-corrected chi connectivity index (χ0v) is 10.6. The van der Waals surface area contributed by atoms with Crippen molar-refractivity contribution in [3.8, 4) is 0 Å². The van der Waals surface area contributed by atoms with E-state index in [9.17, 15) is 26.7 Å². The Balaban J connectivity index is 3.31. The molecule has 112 valence electrons. The quantitative estimate of drug-likeness (QED) is 0.582. The summed E-state index contributed by atoms with van der Waals surface area (Å²) >= 11 is 0. The minimum Gasteiger partial charge on any atom is -0.858 e. The molecule has 2 N–H and O–H groups in total. The number of alkyl halides is 3. The number of hydrogen-bond acceptors (Lipinski definition) is 5. The van der Waals surface area contributed by atoms with E-state index in [1.807, 2.05) is 0 Å². The summed E-state index contributed by atoms with van der Waals surface area (Å²) in [5.74, 6) is -1.63. The highest BCUT2D eigenvalue weighted by Crippen LogP contribution is 2.25. The third-order valence-electron chi connectivity index (χ3n) is 2.16. The van der Waals surface area contributed by atoms with E-state index >= 15 is 0 Å². The molecule has 0 aliphatic rings. The largest absolute Gasteiger partial charge is 0.858 e. The van der Waals surface area contributed by atoms with E-state index in [-0.39, 0.29) is 11.1 Å².